The first-order valence-electron chi connectivity index (χ1n) is 5.88. The SMILES string of the molecule is CC(C)n1cnc2nc(Cl)nc(NCCCO)c21. The standard InChI is InChI=1S/C11H16ClN5O/c1-7(2)17-6-14-10-8(17)9(13-4-3-5-18)15-11(12)16-10/h6-7,18H,3-5H2,1-2H3,(H,13,15,16). The molecule has 0 unspecified atom stereocenters. The van der Waals surface area contributed by atoms with Gasteiger partial charge in [0.25, 0.3) is 0 Å². The van der Waals surface area contributed by atoms with Crippen molar-refractivity contribution in [1.29, 1.82) is 0 Å². The molecule has 18 heavy (non-hydrogen) atoms. The van der Waals surface area contributed by atoms with Crippen molar-refractivity contribution >= 4 is 28.6 Å². The van der Waals surface area contributed by atoms with E-state index in [0.717, 1.165) is 5.52 Å². The average molecular weight is 270 g/mol. The van der Waals surface area contributed by atoms with Gasteiger partial charge in [0.2, 0.25) is 5.28 Å². The zero-order chi connectivity index (χ0) is 13.1. The topological polar surface area (TPSA) is 75.9 Å². The lowest BCUT2D eigenvalue weighted by Crippen LogP contribution is -2.09. The van der Waals surface area contributed by atoms with Crippen molar-refractivity contribution in [1.82, 2.24) is 19.5 Å². The van der Waals surface area contributed by atoms with Gasteiger partial charge in [-0.25, -0.2) is 4.98 Å². The highest BCUT2D eigenvalue weighted by Crippen LogP contribution is 2.24. The van der Waals surface area contributed by atoms with Crippen LogP contribution in [0.15, 0.2) is 6.33 Å². The Labute approximate surface area is 110 Å². The van der Waals surface area contributed by atoms with Crippen molar-refractivity contribution in [3.05, 3.63) is 11.6 Å². The molecule has 2 aromatic rings. The van der Waals surface area contributed by atoms with Gasteiger partial charge in [-0.05, 0) is 31.9 Å². The molecule has 0 saturated carbocycles. The Morgan fingerprint density at radius 3 is 2.89 bits per heavy atom. The number of fused-ring (bicyclic) bond motifs is 1. The molecule has 2 heterocycles. The first kappa shape index (κ1) is 13.0. The van der Waals surface area contributed by atoms with Gasteiger partial charge in [-0.15, -0.1) is 0 Å². The van der Waals surface area contributed by atoms with E-state index in [0.29, 0.717) is 24.4 Å². The van der Waals surface area contributed by atoms with E-state index in [4.69, 9.17) is 16.7 Å². The van der Waals surface area contributed by atoms with Gasteiger partial charge >= 0.3 is 0 Å². The molecule has 0 atom stereocenters. The molecule has 2 N–H and O–H groups in total. The van der Waals surface area contributed by atoms with Crippen molar-refractivity contribution in [2.24, 2.45) is 0 Å². The van der Waals surface area contributed by atoms with Crippen LogP contribution in [0.25, 0.3) is 11.2 Å². The maximum atomic E-state index is 8.80. The number of imidazole rings is 1. The Bertz CT molecular complexity index is 539. The number of anilines is 1. The van der Waals surface area contributed by atoms with Gasteiger partial charge in [-0.3, -0.25) is 0 Å². The highest BCUT2D eigenvalue weighted by molar-refractivity contribution is 6.28. The second-order valence-corrected chi connectivity index (χ2v) is 4.60. The number of aliphatic hydroxyl groups excluding tert-OH is 1. The molecular formula is C11H16ClN5O. The average Bonchev–Trinajstić information content (AvgIpc) is 2.72. The number of hydrogen-bond donors (Lipinski definition) is 2. The molecule has 0 aliphatic heterocycles. The van der Waals surface area contributed by atoms with E-state index in [9.17, 15) is 0 Å². The molecule has 98 valence electrons. The van der Waals surface area contributed by atoms with Crippen LogP contribution in [0.2, 0.25) is 5.28 Å². The number of hydrogen-bond acceptors (Lipinski definition) is 5. The minimum absolute atomic E-state index is 0.137. The van der Waals surface area contributed by atoms with Gasteiger partial charge in [-0.2, -0.15) is 9.97 Å². The van der Waals surface area contributed by atoms with Crippen LogP contribution in [0.4, 0.5) is 5.82 Å². The van der Waals surface area contributed by atoms with Crippen molar-refractivity contribution in [3.8, 4) is 0 Å². The quantitative estimate of drug-likeness (QED) is 0.640. The summed E-state index contributed by atoms with van der Waals surface area (Å²) >= 11 is 5.86. The molecule has 0 saturated heterocycles. The van der Waals surface area contributed by atoms with Gasteiger partial charge in [0.1, 0.15) is 5.52 Å². The molecule has 7 heteroatoms. The van der Waals surface area contributed by atoms with Crippen LogP contribution in [0.3, 0.4) is 0 Å². The smallest absolute Gasteiger partial charge is 0.226 e. The zero-order valence-corrected chi connectivity index (χ0v) is 11.1. The monoisotopic (exact) mass is 269 g/mol. The van der Waals surface area contributed by atoms with Crippen LogP contribution in [-0.2, 0) is 0 Å². The van der Waals surface area contributed by atoms with Gasteiger partial charge in [0.05, 0.1) is 6.33 Å². The second-order valence-electron chi connectivity index (χ2n) is 4.26. The Hall–Kier alpha value is -1.40. The first-order valence-corrected chi connectivity index (χ1v) is 6.26. The number of halogens is 1. The maximum absolute atomic E-state index is 8.80. The number of aliphatic hydroxyl groups is 1. The maximum Gasteiger partial charge on any atom is 0.226 e. The lowest BCUT2D eigenvalue weighted by atomic mass is 10.3. The molecule has 0 aliphatic carbocycles. The summed E-state index contributed by atoms with van der Waals surface area (Å²) in [5.74, 6) is 0.657. The summed E-state index contributed by atoms with van der Waals surface area (Å²) in [4.78, 5) is 12.5. The van der Waals surface area contributed by atoms with Crippen LogP contribution in [0, 0.1) is 0 Å². The summed E-state index contributed by atoms with van der Waals surface area (Å²) < 4.78 is 1.99. The van der Waals surface area contributed by atoms with Gasteiger partial charge in [-0.1, -0.05) is 0 Å². The van der Waals surface area contributed by atoms with E-state index < -0.39 is 0 Å². The van der Waals surface area contributed by atoms with Crippen molar-refractivity contribution < 1.29 is 5.11 Å². The third-order valence-corrected chi connectivity index (χ3v) is 2.75. The van der Waals surface area contributed by atoms with Crippen LogP contribution in [-0.4, -0.2) is 37.8 Å². The molecule has 0 fully saturated rings. The molecule has 0 radical (unpaired) electrons. The molecule has 0 amide bonds. The lowest BCUT2D eigenvalue weighted by Gasteiger charge is -2.11. The van der Waals surface area contributed by atoms with Crippen LogP contribution in [0.1, 0.15) is 26.3 Å². The van der Waals surface area contributed by atoms with Crippen molar-refractivity contribution in [2.45, 2.75) is 26.3 Å². The molecule has 6 nitrogen and oxygen atoms in total. The van der Waals surface area contributed by atoms with E-state index in [1.165, 1.54) is 0 Å². The minimum atomic E-state index is 0.137. The molecule has 0 spiro atoms. The minimum Gasteiger partial charge on any atom is -0.396 e. The fraction of sp³-hybridized carbons (Fsp3) is 0.545. The number of rotatable bonds is 5. The number of nitrogens with one attached hydrogen (secondary N) is 1. The zero-order valence-electron chi connectivity index (χ0n) is 10.4. The predicted octanol–water partition coefficient (Wildman–Crippen LogP) is 1.85. The summed E-state index contributed by atoms with van der Waals surface area (Å²) in [5, 5.41) is 12.1. The number of aromatic nitrogens is 4. The van der Waals surface area contributed by atoms with Crippen LogP contribution >= 0.6 is 11.6 Å². The number of nitrogens with zero attached hydrogens (tertiary/aromatic N) is 4. The predicted molar refractivity (Wildman–Crippen MR) is 70.9 cm³/mol. The van der Waals surface area contributed by atoms with E-state index >= 15 is 0 Å². The summed E-state index contributed by atoms with van der Waals surface area (Å²) in [6.45, 7) is 4.89. The van der Waals surface area contributed by atoms with Gasteiger partial charge in [0, 0.05) is 19.2 Å². The van der Waals surface area contributed by atoms with E-state index in [1.807, 2.05) is 4.57 Å². The van der Waals surface area contributed by atoms with Crippen molar-refractivity contribution in [3.63, 3.8) is 0 Å². The second kappa shape index (κ2) is 5.49. The molecule has 2 rings (SSSR count). The van der Waals surface area contributed by atoms with Gasteiger partial charge < -0.3 is 15.0 Å². The lowest BCUT2D eigenvalue weighted by molar-refractivity contribution is 0.292. The molecule has 0 bridgehead atoms. The first-order chi connectivity index (χ1) is 8.63. The van der Waals surface area contributed by atoms with Crippen LogP contribution in [0.5, 0.6) is 0 Å². The fourth-order valence-corrected chi connectivity index (χ4v) is 1.88. The molecule has 2 aromatic heterocycles. The van der Waals surface area contributed by atoms with Crippen LogP contribution < -0.4 is 5.32 Å². The Morgan fingerprint density at radius 2 is 2.22 bits per heavy atom. The van der Waals surface area contributed by atoms with E-state index in [1.54, 1.807) is 6.33 Å². The Kier molecular flexibility index (Phi) is 3.98. The summed E-state index contributed by atoms with van der Waals surface area (Å²) in [7, 11) is 0. The summed E-state index contributed by atoms with van der Waals surface area (Å²) in [5.41, 5.74) is 1.42. The normalized spacial score (nSPS) is 11.4. The summed E-state index contributed by atoms with van der Waals surface area (Å²) in [6.07, 6.45) is 2.39. The van der Waals surface area contributed by atoms with E-state index in [-0.39, 0.29) is 17.9 Å². The molecule has 0 aromatic carbocycles. The highest BCUT2D eigenvalue weighted by atomic mass is 35.5. The highest BCUT2D eigenvalue weighted by Gasteiger charge is 2.14. The fourth-order valence-electron chi connectivity index (χ4n) is 1.72. The third-order valence-electron chi connectivity index (χ3n) is 2.58. The van der Waals surface area contributed by atoms with E-state index in [2.05, 4.69) is 34.1 Å². The van der Waals surface area contributed by atoms with Crippen molar-refractivity contribution in [2.75, 3.05) is 18.5 Å². The Balaban J connectivity index is 2.44. The van der Waals surface area contributed by atoms with Gasteiger partial charge in [0.15, 0.2) is 11.5 Å². The summed E-state index contributed by atoms with van der Waals surface area (Å²) in [6, 6.07) is 0.262. The molecular weight excluding hydrogens is 254 g/mol. The third kappa shape index (κ3) is 2.54. The molecule has 0 aliphatic rings. The largest absolute Gasteiger partial charge is 0.396 e. The Morgan fingerprint density at radius 1 is 1.44 bits per heavy atom.